The van der Waals surface area contributed by atoms with Crippen molar-refractivity contribution < 1.29 is 28.9 Å². The summed E-state index contributed by atoms with van der Waals surface area (Å²) in [6.07, 6.45) is 0.300. The van der Waals surface area contributed by atoms with Crippen LogP contribution in [0.2, 0.25) is 0 Å². The van der Waals surface area contributed by atoms with Gasteiger partial charge in [0.05, 0.1) is 31.4 Å². The maximum Gasteiger partial charge on any atom is 0.410 e. The van der Waals surface area contributed by atoms with Crippen molar-refractivity contribution in [1.82, 2.24) is 9.80 Å². The van der Waals surface area contributed by atoms with Gasteiger partial charge in [-0.2, -0.15) is 0 Å². The fraction of sp³-hybridized carbons (Fsp3) is 0.900. The summed E-state index contributed by atoms with van der Waals surface area (Å²) < 4.78 is 17.0. The monoisotopic (exact) mass is 400 g/mol. The molecule has 2 heterocycles. The third-order valence-electron chi connectivity index (χ3n) is 4.52. The summed E-state index contributed by atoms with van der Waals surface area (Å²) in [5, 5.41) is 10.2. The molecule has 0 aromatic rings. The lowest BCUT2D eigenvalue weighted by molar-refractivity contribution is -0.0949. The summed E-state index contributed by atoms with van der Waals surface area (Å²) in [4.78, 5) is 27.7. The Hall–Kier alpha value is -1.54. The number of carbonyl (C=O) groups is 2. The van der Waals surface area contributed by atoms with Gasteiger partial charge in [0.15, 0.2) is 0 Å². The highest BCUT2D eigenvalue weighted by molar-refractivity contribution is 5.68. The number of ether oxygens (including phenoxy) is 3. The van der Waals surface area contributed by atoms with E-state index in [9.17, 15) is 14.7 Å². The van der Waals surface area contributed by atoms with Crippen LogP contribution in [0.1, 0.15) is 60.8 Å². The molecule has 2 amide bonds. The zero-order chi connectivity index (χ0) is 21.1. The molecule has 2 atom stereocenters. The van der Waals surface area contributed by atoms with Gasteiger partial charge in [0, 0.05) is 19.5 Å². The zero-order valence-corrected chi connectivity index (χ0v) is 18.1. The lowest BCUT2D eigenvalue weighted by Crippen LogP contribution is -2.52. The number of rotatable bonds is 2. The number of nitrogens with zero attached hydrogens (tertiary/aromatic N) is 2. The zero-order valence-electron chi connectivity index (χ0n) is 18.1. The lowest BCUT2D eigenvalue weighted by Gasteiger charge is -2.39. The lowest BCUT2D eigenvalue weighted by atomic mass is 10.0. The predicted molar refractivity (Wildman–Crippen MR) is 104 cm³/mol. The first-order valence-electron chi connectivity index (χ1n) is 10.1. The number of likely N-dealkylation sites (tertiary alicyclic amines) is 2. The normalized spacial score (nSPS) is 24.8. The van der Waals surface area contributed by atoms with Gasteiger partial charge in [-0.15, -0.1) is 0 Å². The molecule has 8 nitrogen and oxygen atoms in total. The van der Waals surface area contributed by atoms with E-state index in [1.165, 1.54) is 4.90 Å². The number of piperidine rings is 2. The summed E-state index contributed by atoms with van der Waals surface area (Å²) in [6, 6.07) is 0. The first-order valence-corrected chi connectivity index (χ1v) is 10.1. The average molecular weight is 401 g/mol. The molecule has 8 heteroatoms. The minimum Gasteiger partial charge on any atom is -0.444 e. The van der Waals surface area contributed by atoms with Crippen molar-refractivity contribution in [2.75, 3.05) is 26.2 Å². The van der Waals surface area contributed by atoms with E-state index >= 15 is 0 Å². The van der Waals surface area contributed by atoms with E-state index in [4.69, 9.17) is 14.2 Å². The number of hydrogen-bond donors (Lipinski definition) is 1. The summed E-state index contributed by atoms with van der Waals surface area (Å²) in [5.74, 6) is 0. The second kappa shape index (κ2) is 8.86. The molecule has 2 aliphatic heterocycles. The average Bonchev–Trinajstić information content (AvgIpc) is 2.51. The maximum absolute atomic E-state index is 12.3. The summed E-state index contributed by atoms with van der Waals surface area (Å²) >= 11 is 0. The van der Waals surface area contributed by atoms with Gasteiger partial charge in [-0.1, -0.05) is 0 Å². The summed E-state index contributed by atoms with van der Waals surface area (Å²) in [7, 11) is 0. The van der Waals surface area contributed by atoms with E-state index < -0.39 is 23.4 Å². The Morgan fingerprint density at radius 3 is 1.82 bits per heavy atom. The fourth-order valence-electron chi connectivity index (χ4n) is 3.37. The Bertz CT molecular complexity index is 546. The third kappa shape index (κ3) is 7.47. The van der Waals surface area contributed by atoms with Crippen LogP contribution in [0.5, 0.6) is 0 Å². The number of aliphatic hydroxyl groups is 1. The van der Waals surface area contributed by atoms with E-state index in [1.54, 1.807) is 4.90 Å². The molecule has 2 saturated heterocycles. The smallest absolute Gasteiger partial charge is 0.410 e. The Morgan fingerprint density at radius 1 is 0.821 bits per heavy atom. The largest absolute Gasteiger partial charge is 0.444 e. The molecule has 0 radical (unpaired) electrons. The topological polar surface area (TPSA) is 88.5 Å². The highest BCUT2D eigenvalue weighted by Gasteiger charge is 2.35. The Labute approximate surface area is 168 Å². The van der Waals surface area contributed by atoms with E-state index in [0.29, 0.717) is 38.9 Å². The number of carbonyl (C=O) groups excluding carboxylic acids is 2. The number of β-amino-alcohol motifs (C(OH)–C–C–N with tert-alkyl or cyclic N) is 1. The van der Waals surface area contributed by atoms with Crippen LogP contribution in [0.3, 0.4) is 0 Å². The van der Waals surface area contributed by atoms with Gasteiger partial charge < -0.3 is 29.1 Å². The molecule has 0 aromatic heterocycles. The van der Waals surface area contributed by atoms with Crippen LogP contribution < -0.4 is 0 Å². The van der Waals surface area contributed by atoms with Gasteiger partial charge in [0.2, 0.25) is 0 Å². The van der Waals surface area contributed by atoms with Crippen LogP contribution in [-0.4, -0.2) is 82.8 Å². The maximum atomic E-state index is 12.3. The second-order valence-electron chi connectivity index (χ2n) is 9.70. The first-order chi connectivity index (χ1) is 12.8. The third-order valence-corrected chi connectivity index (χ3v) is 4.52. The first kappa shape index (κ1) is 22.7. The van der Waals surface area contributed by atoms with E-state index in [2.05, 4.69) is 0 Å². The molecule has 0 saturated carbocycles. The van der Waals surface area contributed by atoms with Crippen LogP contribution >= 0.6 is 0 Å². The molecular formula is C20H36N2O6. The molecule has 2 fully saturated rings. The molecule has 0 bridgehead atoms. The van der Waals surface area contributed by atoms with E-state index in [1.807, 2.05) is 41.5 Å². The molecule has 2 unspecified atom stereocenters. The van der Waals surface area contributed by atoms with Crippen molar-refractivity contribution in [3.8, 4) is 0 Å². The predicted octanol–water partition coefficient (Wildman–Crippen LogP) is 2.77. The molecular weight excluding hydrogens is 364 g/mol. The molecule has 0 spiro atoms. The van der Waals surface area contributed by atoms with Gasteiger partial charge in [0.1, 0.15) is 11.2 Å². The quantitative estimate of drug-likeness (QED) is 0.767. The number of amides is 2. The Morgan fingerprint density at radius 2 is 1.32 bits per heavy atom. The van der Waals surface area contributed by atoms with Crippen molar-refractivity contribution in [2.45, 2.75) is 90.3 Å². The highest BCUT2D eigenvalue weighted by Crippen LogP contribution is 2.23. The van der Waals surface area contributed by atoms with Gasteiger partial charge >= 0.3 is 12.2 Å². The van der Waals surface area contributed by atoms with Crippen molar-refractivity contribution in [1.29, 1.82) is 0 Å². The van der Waals surface area contributed by atoms with E-state index in [-0.39, 0.29) is 24.8 Å². The molecule has 28 heavy (non-hydrogen) atoms. The van der Waals surface area contributed by atoms with Crippen LogP contribution in [0.4, 0.5) is 9.59 Å². The molecule has 2 aliphatic rings. The standard InChI is InChI=1S/C20H36N2O6/c1-19(2,3)27-17(24)21-9-7-15(8-10-21)26-16-11-14(23)12-22(13-16)18(25)28-20(4,5)6/h14-16,23H,7-13H2,1-6H3. The SMILES string of the molecule is CC(C)(C)OC(=O)N1CCC(OC2CC(O)CN(C(=O)OC(C)(C)C)C2)CC1. The second-order valence-corrected chi connectivity index (χ2v) is 9.70. The van der Waals surface area contributed by atoms with Crippen molar-refractivity contribution in [3.05, 3.63) is 0 Å². The van der Waals surface area contributed by atoms with Gasteiger partial charge in [0.25, 0.3) is 0 Å². The molecule has 162 valence electrons. The fourth-order valence-corrected chi connectivity index (χ4v) is 3.37. The summed E-state index contributed by atoms with van der Waals surface area (Å²) in [5.41, 5.74) is -1.09. The van der Waals surface area contributed by atoms with Crippen molar-refractivity contribution in [2.24, 2.45) is 0 Å². The number of hydrogen-bond acceptors (Lipinski definition) is 6. The van der Waals surface area contributed by atoms with Crippen molar-refractivity contribution in [3.63, 3.8) is 0 Å². The van der Waals surface area contributed by atoms with Crippen molar-refractivity contribution >= 4 is 12.2 Å². The van der Waals surface area contributed by atoms with Crippen LogP contribution in [0, 0.1) is 0 Å². The minimum absolute atomic E-state index is 0.00512. The molecule has 1 N–H and O–H groups in total. The molecule has 0 aromatic carbocycles. The molecule has 2 rings (SSSR count). The van der Waals surface area contributed by atoms with E-state index in [0.717, 1.165) is 0 Å². The number of aliphatic hydroxyl groups excluding tert-OH is 1. The van der Waals surface area contributed by atoms with Gasteiger partial charge in [-0.05, 0) is 54.4 Å². The molecule has 0 aliphatic carbocycles. The Balaban J connectivity index is 1.82. The van der Waals surface area contributed by atoms with Gasteiger partial charge in [-0.3, -0.25) is 0 Å². The summed E-state index contributed by atoms with van der Waals surface area (Å²) in [6.45, 7) is 12.8. The van der Waals surface area contributed by atoms with Crippen LogP contribution in [-0.2, 0) is 14.2 Å². The Kier molecular flexibility index (Phi) is 7.20. The van der Waals surface area contributed by atoms with Crippen LogP contribution in [0.25, 0.3) is 0 Å². The van der Waals surface area contributed by atoms with Gasteiger partial charge in [-0.25, -0.2) is 9.59 Å². The minimum atomic E-state index is -0.631. The highest BCUT2D eigenvalue weighted by atomic mass is 16.6. The van der Waals surface area contributed by atoms with Crippen LogP contribution in [0.15, 0.2) is 0 Å².